The molecule has 1 aromatic carbocycles. The fraction of sp³-hybridized carbons (Fsp3) is 0.579. The molecule has 6 heteroatoms. The largest absolute Gasteiger partial charge is 0.355 e. The minimum Gasteiger partial charge on any atom is -0.355 e. The zero-order valence-corrected chi connectivity index (χ0v) is 14.5. The molecule has 136 valence electrons. The standard InChI is InChI=1S/C19H26FN3O2/c20-17-6-4-15(5-7-17)13-23-14-16(12-18(23)24)19(25)21-8-11-22-9-2-1-3-10-22/h4-7,16H,1-3,8-14H2,(H,21,25). The molecule has 1 unspecified atom stereocenters. The van der Waals surface area contributed by atoms with Crippen LogP contribution in [0.3, 0.4) is 0 Å². The first-order chi connectivity index (χ1) is 12.1. The van der Waals surface area contributed by atoms with E-state index in [1.807, 2.05) is 0 Å². The Labute approximate surface area is 148 Å². The fourth-order valence-electron chi connectivity index (χ4n) is 3.58. The Morgan fingerprint density at radius 3 is 2.60 bits per heavy atom. The fourth-order valence-corrected chi connectivity index (χ4v) is 3.58. The van der Waals surface area contributed by atoms with Crippen LogP contribution in [0.25, 0.3) is 0 Å². The number of benzene rings is 1. The van der Waals surface area contributed by atoms with Crippen molar-refractivity contribution < 1.29 is 14.0 Å². The molecule has 2 saturated heterocycles. The Morgan fingerprint density at radius 2 is 1.88 bits per heavy atom. The van der Waals surface area contributed by atoms with Crippen LogP contribution < -0.4 is 5.32 Å². The van der Waals surface area contributed by atoms with Gasteiger partial charge in [-0.2, -0.15) is 0 Å². The SMILES string of the molecule is O=C(NCCN1CCCCC1)C1CC(=O)N(Cc2ccc(F)cc2)C1. The molecule has 5 nitrogen and oxygen atoms in total. The predicted octanol–water partition coefficient (Wildman–Crippen LogP) is 1.78. The van der Waals surface area contributed by atoms with Gasteiger partial charge in [-0.3, -0.25) is 9.59 Å². The highest BCUT2D eigenvalue weighted by atomic mass is 19.1. The van der Waals surface area contributed by atoms with Crippen LogP contribution in [-0.4, -0.2) is 54.3 Å². The van der Waals surface area contributed by atoms with Crippen LogP contribution in [-0.2, 0) is 16.1 Å². The van der Waals surface area contributed by atoms with Crippen molar-refractivity contribution in [2.75, 3.05) is 32.7 Å². The lowest BCUT2D eigenvalue weighted by atomic mass is 10.1. The second-order valence-electron chi connectivity index (χ2n) is 7.00. The number of hydrogen-bond acceptors (Lipinski definition) is 3. The molecular weight excluding hydrogens is 321 g/mol. The molecule has 2 aliphatic rings. The summed E-state index contributed by atoms with van der Waals surface area (Å²) < 4.78 is 13.0. The molecule has 25 heavy (non-hydrogen) atoms. The number of carbonyl (C=O) groups is 2. The first-order valence-electron chi connectivity index (χ1n) is 9.14. The van der Waals surface area contributed by atoms with E-state index in [1.165, 1.54) is 31.4 Å². The van der Waals surface area contributed by atoms with Gasteiger partial charge in [-0.05, 0) is 43.6 Å². The minimum absolute atomic E-state index is 0.0134. The molecule has 2 heterocycles. The van der Waals surface area contributed by atoms with E-state index >= 15 is 0 Å². The average molecular weight is 347 g/mol. The zero-order chi connectivity index (χ0) is 17.6. The van der Waals surface area contributed by atoms with Gasteiger partial charge >= 0.3 is 0 Å². The number of rotatable bonds is 6. The van der Waals surface area contributed by atoms with E-state index in [1.54, 1.807) is 17.0 Å². The number of nitrogens with one attached hydrogen (secondary N) is 1. The summed E-state index contributed by atoms with van der Waals surface area (Å²) in [5.74, 6) is -0.621. The number of likely N-dealkylation sites (tertiary alicyclic amines) is 2. The summed E-state index contributed by atoms with van der Waals surface area (Å²) in [5, 5.41) is 2.98. The summed E-state index contributed by atoms with van der Waals surface area (Å²) in [6.07, 6.45) is 4.04. The van der Waals surface area contributed by atoms with Crippen LogP contribution in [0.5, 0.6) is 0 Å². The summed E-state index contributed by atoms with van der Waals surface area (Å²) in [6, 6.07) is 6.13. The van der Waals surface area contributed by atoms with Gasteiger partial charge in [-0.1, -0.05) is 18.6 Å². The van der Waals surface area contributed by atoms with Crippen molar-refractivity contribution in [2.45, 2.75) is 32.2 Å². The highest BCUT2D eigenvalue weighted by molar-refractivity contribution is 5.89. The molecule has 2 aliphatic heterocycles. The molecule has 0 bridgehead atoms. The van der Waals surface area contributed by atoms with Crippen molar-refractivity contribution >= 4 is 11.8 Å². The highest BCUT2D eigenvalue weighted by Gasteiger charge is 2.34. The van der Waals surface area contributed by atoms with Gasteiger partial charge in [0.05, 0.1) is 5.92 Å². The van der Waals surface area contributed by atoms with Gasteiger partial charge in [0.1, 0.15) is 5.82 Å². The summed E-state index contributed by atoms with van der Waals surface area (Å²) in [4.78, 5) is 28.5. The summed E-state index contributed by atoms with van der Waals surface area (Å²) in [5.41, 5.74) is 0.876. The van der Waals surface area contributed by atoms with Crippen molar-refractivity contribution in [1.82, 2.24) is 15.1 Å². The van der Waals surface area contributed by atoms with Crippen LogP contribution >= 0.6 is 0 Å². The van der Waals surface area contributed by atoms with E-state index < -0.39 is 0 Å². The van der Waals surface area contributed by atoms with Crippen LogP contribution in [0.4, 0.5) is 4.39 Å². The Kier molecular flexibility index (Phi) is 6.02. The number of nitrogens with zero attached hydrogens (tertiary/aromatic N) is 2. The Bertz CT molecular complexity index is 599. The van der Waals surface area contributed by atoms with Gasteiger partial charge < -0.3 is 15.1 Å². The lowest BCUT2D eigenvalue weighted by molar-refractivity contribution is -0.129. The van der Waals surface area contributed by atoms with Crippen molar-refractivity contribution in [3.05, 3.63) is 35.6 Å². The number of halogens is 1. The maximum absolute atomic E-state index is 13.0. The van der Waals surface area contributed by atoms with E-state index in [0.717, 1.165) is 25.2 Å². The predicted molar refractivity (Wildman–Crippen MR) is 93.2 cm³/mol. The van der Waals surface area contributed by atoms with Crippen LogP contribution in [0, 0.1) is 11.7 Å². The first-order valence-corrected chi connectivity index (χ1v) is 9.14. The van der Waals surface area contributed by atoms with Gasteiger partial charge in [-0.15, -0.1) is 0 Å². The number of amides is 2. The van der Waals surface area contributed by atoms with Crippen molar-refractivity contribution in [2.24, 2.45) is 5.92 Å². The van der Waals surface area contributed by atoms with Gasteiger partial charge in [-0.25, -0.2) is 4.39 Å². The van der Waals surface area contributed by atoms with E-state index in [2.05, 4.69) is 10.2 Å². The Morgan fingerprint density at radius 1 is 1.16 bits per heavy atom. The van der Waals surface area contributed by atoms with E-state index in [4.69, 9.17) is 0 Å². The molecule has 2 amide bonds. The van der Waals surface area contributed by atoms with Crippen LogP contribution in [0.2, 0.25) is 0 Å². The van der Waals surface area contributed by atoms with E-state index in [0.29, 0.717) is 19.6 Å². The third kappa shape index (κ3) is 5.01. The number of piperidine rings is 1. The zero-order valence-electron chi connectivity index (χ0n) is 14.5. The first kappa shape index (κ1) is 17.9. The molecule has 0 spiro atoms. The maximum atomic E-state index is 13.0. The molecule has 0 aromatic heterocycles. The van der Waals surface area contributed by atoms with Crippen LogP contribution in [0.15, 0.2) is 24.3 Å². The molecule has 1 N–H and O–H groups in total. The van der Waals surface area contributed by atoms with Crippen LogP contribution in [0.1, 0.15) is 31.2 Å². The van der Waals surface area contributed by atoms with Gasteiger partial charge in [0, 0.05) is 32.6 Å². The molecule has 0 radical (unpaired) electrons. The summed E-state index contributed by atoms with van der Waals surface area (Å²) >= 11 is 0. The molecule has 0 aliphatic carbocycles. The summed E-state index contributed by atoms with van der Waals surface area (Å²) in [7, 11) is 0. The second kappa shape index (κ2) is 8.43. The third-order valence-electron chi connectivity index (χ3n) is 5.05. The average Bonchev–Trinajstić information content (AvgIpc) is 2.99. The third-order valence-corrected chi connectivity index (χ3v) is 5.05. The molecule has 0 saturated carbocycles. The Balaban J connectivity index is 1.43. The monoisotopic (exact) mass is 347 g/mol. The van der Waals surface area contributed by atoms with Crippen molar-refractivity contribution in [3.63, 3.8) is 0 Å². The lowest BCUT2D eigenvalue weighted by Crippen LogP contribution is -2.40. The molecular formula is C19H26FN3O2. The highest BCUT2D eigenvalue weighted by Crippen LogP contribution is 2.20. The molecule has 1 atom stereocenters. The number of hydrogen-bond donors (Lipinski definition) is 1. The lowest BCUT2D eigenvalue weighted by Gasteiger charge is -2.26. The molecule has 3 rings (SSSR count). The minimum atomic E-state index is -0.289. The maximum Gasteiger partial charge on any atom is 0.225 e. The van der Waals surface area contributed by atoms with Gasteiger partial charge in [0.2, 0.25) is 11.8 Å². The molecule has 2 fully saturated rings. The van der Waals surface area contributed by atoms with Gasteiger partial charge in [0.25, 0.3) is 0 Å². The topological polar surface area (TPSA) is 52.7 Å². The van der Waals surface area contributed by atoms with E-state index in [-0.39, 0.29) is 30.0 Å². The molecule has 1 aromatic rings. The number of carbonyl (C=O) groups excluding carboxylic acids is 2. The quantitative estimate of drug-likeness (QED) is 0.853. The van der Waals surface area contributed by atoms with Crippen molar-refractivity contribution in [1.29, 1.82) is 0 Å². The second-order valence-corrected chi connectivity index (χ2v) is 7.00. The van der Waals surface area contributed by atoms with Gasteiger partial charge in [0.15, 0.2) is 0 Å². The Hall–Kier alpha value is -1.95. The van der Waals surface area contributed by atoms with E-state index in [9.17, 15) is 14.0 Å². The smallest absolute Gasteiger partial charge is 0.225 e. The normalized spacial score (nSPS) is 21.6. The van der Waals surface area contributed by atoms with Crippen molar-refractivity contribution in [3.8, 4) is 0 Å². The summed E-state index contributed by atoms with van der Waals surface area (Å²) in [6.45, 7) is 4.61.